The molecule has 1 aromatic heterocycles. The molecule has 4 heterocycles. The molecule has 0 saturated carbocycles. The summed E-state index contributed by atoms with van der Waals surface area (Å²) < 4.78 is 12.4. The second-order valence-electron chi connectivity index (χ2n) is 9.63. The largest absolute Gasteiger partial charge is 0.493 e. The lowest BCUT2D eigenvalue weighted by Crippen LogP contribution is -2.50. The van der Waals surface area contributed by atoms with Crippen molar-refractivity contribution in [2.75, 3.05) is 33.9 Å². The first kappa shape index (κ1) is 23.9. The number of rotatable bonds is 7. The highest BCUT2D eigenvalue weighted by atomic mass is 16.5. The molecule has 0 aliphatic carbocycles. The van der Waals surface area contributed by atoms with E-state index in [1.165, 1.54) is 4.90 Å². The van der Waals surface area contributed by atoms with Crippen LogP contribution in [-0.4, -0.2) is 72.1 Å². The second kappa shape index (κ2) is 9.67. The maximum atomic E-state index is 13.1. The number of urea groups is 1. The zero-order valence-electron chi connectivity index (χ0n) is 20.4. The van der Waals surface area contributed by atoms with Crippen LogP contribution in [0.4, 0.5) is 4.79 Å². The Kier molecular flexibility index (Phi) is 6.42. The lowest BCUT2D eigenvalue weighted by molar-refractivity contribution is -0.137. The number of carbonyl (C=O) groups is 3. The third-order valence-electron chi connectivity index (χ3n) is 7.39. The van der Waals surface area contributed by atoms with E-state index in [2.05, 4.69) is 5.32 Å². The molecule has 4 amide bonds. The number of piperidine rings is 1. The molecule has 2 fully saturated rings. The van der Waals surface area contributed by atoms with Gasteiger partial charge in [-0.3, -0.25) is 19.3 Å². The molecule has 36 heavy (non-hydrogen) atoms. The highest BCUT2D eigenvalue weighted by Crippen LogP contribution is 2.35. The van der Waals surface area contributed by atoms with Gasteiger partial charge in [0.05, 0.1) is 20.6 Å². The SMILES string of the molecule is COc1ccc(CCN2C(=O)N[C@@H](CC(=O)N3C[C@@H]4C[C@H](C3)c3cccc(=O)n3C4)C2=O)cc1OC. The van der Waals surface area contributed by atoms with Crippen molar-refractivity contribution in [3.05, 3.63) is 58.0 Å². The number of hydrogen-bond donors (Lipinski definition) is 1. The number of nitrogens with zero attached hydrogens (tertiary/aromatic N) is 3. The number of pyridine rings is 1. The molecule has 2 bridgehead atoms. The van der Waals surface area contributed by atoms with Gasteiger partial charge in [-0.25, -0.2) is 4.79 Å². The maximum Gasteiger partial charge on any atom is 0.324 e. The molecule has 0 spiro atoms. The van der Waals surface area contributed by atoms with Crippen molar-refractivity contribution in [1.29, 1.82) is 0 Å². The maximum absolute atomic E-state index is 13.1. The summed E-state index contributed by atoms with van der Waals surface area (Å²) in [6, 6.07) is 9.39. The molecule has 10 heteroatoms. The predicted molar refractivity (Wildman–Crippen MR) is 130 cm³/mol. The van der Waals surface area contributed by atoms with Gasteiger partial charge in [-0.2, -0.15) is 0 Å². The zero-order chi connectivity index (χ0) is 25.4. The predicted octanol–water partition coefficient (Wildman–Crippen LogP) is 1.36. The van der Waals surface area contributed by atoms with Gasteiger partial charge in [0.1, 0.15) is 6.04 Å². The third kappa shape index (κ3) is 4.43. The van der Waals surface area contributed by atoms with E-state index in [0.717, 1.165) is 17.7 Å². The summed E-state index contributed by atoms with van der Waals surface area (Å²) in [7, 11) is 3.11. The summed E-state index contributed by atoms with van der Waals surface area (Å²) in [6.07, 6.45) is 1.32. The highest BCUT2D eigenvalue weighted by Gasteiger charge is 2.41. The van der Waals surface area contributed by atoms with Gasteiger partial charge in [0.15, 0.2) is 11.5 Å². The highest BCUT2D eigenvalue weighted by molar-refractivity contribution is 6.05. The minimum atomic E-state index is -0.868. The fraction of sp³-hybridized carbons (Fsp3) is 0.462. The summed E-state index contributed by atoms with van der Waals surface area (Å²) in [4.78, 5) is 53.8. The Morgan fingerprint density at radius 1 is 1.03 bits per heavy atom. The number of nitrogens with one attached hydrogen (secondary N) is 1. The van der Waals surface area contributed by atoms with Crippen LogP contribution in [-0.2, 0) is 22.6 Å². The van der Waals surface area contributed by atoms with Gasteiger partial charge < -0.3 is 24.3 Å². The second-order valence-corrected chi connectivity index (χ2v) is 9.63. The summed E-state index contributed by atoms with van der Waals surface area (Å²) in [6.45, 7) is 1.85. The van der Waals surface area contributed by atoms with Crippen LogP contribution in [0, 0.1) is 5.92 Å². The van der Waals surface area contributed by atoms with E-state index in [0.29, 0.717) is 37.6 Å². The number of methoxy groups -OCH3 is 2. The number of imide groups is 1. The molecular weight excluding hydrogens is 464 g/mol. The van der Waals surface area contributed by atoms with E-state index < -0.39 is 12.1 Å². The first-order chi connectivity index (χ1) is 17.4. The van der Waals surface area contributed by atoms with Crippen LogP contribution in [0.3, 0.4) is 0 Å². The number of aromatic nitrogens is 1. The Morgan fingerprint density at radius 3 is 2.61 bits per heavy atom. The molecule has 1 aromatic carbocycles. The average Bonchev–Trinajstić information content (AvgIpc) is 3.14. The van der Waals surface area contributed by atoms with Crippen LogP contribution < -0.4 is 20.3 Å². The molecular formula is C26H30N4O6. The Balaban J connectivity index is 1.20. The first-order valence-corrected chi connectivity index (χ1v) is 12.2. The summed E-state index contributed by atoms with van der Waals surface area (Å²) in [5.74, 6) is 0.941. The van der Waals surface area contributed by atoms with E-state index >= 15 is 0 Å². The van der Waals surface area contributed by atoms with E-state index in [4.69, 9.17) is 9.47 Å². The van der Waals surface area contributed by atoms with E-state index in [1.807, 2.05) is 22.8 Å². The third-order valence-corrected chi connectivity index (χ3v) is 7.39. The number of benzene rings is 1. The molecule has 5 rings (SSSR count). The summed E-state index contributed by atoms with van der Waals surface area (Å²) >= 11 is 0. The number of likely N-dealkylation sites (tertiary alicyclic amines) is 1. The van der Waals surface area contributed by atoms with Gasteiger partial charge in [0, 0.05) is 43.9 Å². The Labute approximate surface area is 208 Å². The monoisotopic (exact) mass is 494 g/mol. The molecule has 3 aliphatic heterocycles. The van der Waals surface area contributed by atoms with Crippen LogP contribution in [0.15, 0.2) is 41.2 Å². The molecule has 0 radical (unpaired) electrons. The Hall–Kier alpha value is -3.82. The fourth-order valence-electron chi connectivity index (χ4n) is 5.61. The summed E-state index contributed by atoms with van der Waals surface area (Å²) in [5, 5.41) is 2.67. The zero-order valence-corrected chi connectivity index (χ0v) is 20.4. The molecule has 1 N–H and O–H groups in total. The lowest BCUT2D eigenvalue weighted by Gasteiger charge is -2.43. The number of carbonyl (C=O) groups excluding carboxylic acids is 3. The van der Waals surface area contributed by atoms with Crippen molar-refractivity contribution in [2.45, 2.75) is 37.8 Å². The van der Waals surface area contributed by atoms with Crippen LogP contribution in [0.1, 0.15) is 30.0 Å². The molecule has 10 nitrogen and oxygen atoms in total. The number of ether oxygens (including phenoxy) is 2. The van der Waals surface area contributed by atoms with Crippen LogP contribution in [0.5, 0.6) is 11.5 Å². The molecule has 190 valence electrons. The van der Waals surface area contributed by atoms with Crippen molar-refractivity contribution in [3.63, 3.8) is 0 Å². The normalized spacial score (nSPS) is 22.8. The molecule has 0 unspecified atom stereocenters. The standard InChI is InChI=1S/C26H30N4O6/c1-35-21-7-6-16(11-22(21)36-2)8-9-29-25(33)19(27-26(29)34)12-24(32)28-13-17-10-18(15-28)20-4-3-5-23(31)30(20)14-17/h3-7,11,17-19H,8-10,12-15H2,1-2H3,(H,27,34)/t17-,18+,19-/m0/s1. The van der Waals surface area contributed by atoms with Crippen LogP contribution in [0.2, 0.25) is 0 Å². The van der Waals surface area contributed by atoms with Crippen molar-refractivity contribution in [1.82, 2.24) is 19.7 Å². The minimum Gasteiger partial charge on any atom is -0.493 e. The van der Waals surface area contributed by atoms with E-state index in [9.17, 15) is 19.2 Å². The average molecular weight is 495 g/mol. The van der Waals surface area contributed by atoms with Crippen molar-refractivity contribution in [2.24, 2.45) is 5.92 Å². The van der Waals surface area contributed by atoms with Gasteiger partial charge in [0.25, 0.3) is 11.5 Å². The fourth-order valence-corrected chi connectivity index (χ4v) is 5.61. The minimum absolute atomic E-state index is 0.00517. The smallest absolute Gasteiger partial charge is 0.324 e. The van der Waals surface area contributed by atoms with E-state index in [-0.39, 0.29) is 42.2 Å². The Bertz CT molecular complexity index is 1260. The van der Waals surface area contributed by atoms with Crippen molar-refractivity contribution < 1.29 is 23.9 Å². The molecule has 3 atom stereocenters. The number of amides is 4. The number of fused-ring (bicyclic) bond motifs is 4. The molecule has 3 aliphatic rings. The number of hydrogen-bond acceptors (Lipinski definition) is 6. The van der Waals surface area contributed by atoms with Crippen LogP contribution in [0.25, 0.3) is 0 Å². The topological polar surface area (TPSA) is 110 Å². The van der Waals surface area contributed by atoms with Gasteiger partial charge in [-0.1, -0.05) is 12.1 Å². The molecule has 2 saturated heterocycles. The first-order valence-electron chi connectivity index (χ1n) is 12.2. The lowest BCUT2D eigenvalue weighted by atomic mass is 9.83. The molecule has 2 aromatic rings. The van der Waals surface area contributed by atoms with Gasteiger partial charge in [-0.15, -0.1) is 0 Å². The van der Waals surface area contributed by atoms with Crippen molar-refractivity contribution >= 4 is 17.8 Å². The van der Waals surface area contributed by atoms with Gasteiger partial charge in [0.2, 0.25) is 5.91 Å². The van der Waals surface area contributed by atoms with Gasteiger partial charge in [-0.05, 0) is 42.5 Å². The van der Waals surface area contributed by atoms with Crippen LogP contribution >= 0.6 is 0 Å². The quantitative estimate of drug-likeness (QED) is 0.582. The van der Waals surface area contributed by atoms with E-state index in [1.54, 1.807) is 37.3 Å². The summed E-state index contributed by atoms with van der Waals surface area (Å²) in [5.41, 5.74) is 1.85. The van der Waals surface area contributed by atoms with Crippen molar-refractivity contribution in [3.8, 4) is 11.5 Å². The van der Waals surface area contributed by atoms with Gasteiger partial charge >= 0.3 is 6.03 Å². The Morgan fingerprint density at radius 2 is 1.83 bits per heavy atom.